The van der Waals surface area contributed by atoms with Gasteiger partial charge in [-0.3, -0.25) is 0 Å². The van der Waals surface area contributed by atoms with Gasteiger partial charge in [0.1, 0.15) is 6.10 Å². The smallest absolute Gasteiger partial charge is 0.407 e. The van der Waals surface area contributed by atoms with Gasteiger partial charge >= 0.3 is 6.09 Å². The Morgan fingerprint density at radius 3 is 2.73 bits per heavy atom. The van der Waals surface area contributed by atoms with Crippen LogP contribution in [0.4, 0.5) is 4.79 Å². The topological polar surface area (TPSA) is 64.3 Å². The molecular formula is C11H22N2O2. The van der Waals surface area contributed by atoms with Crippen LogP contribution in [0.3, 0.4) is 0 Å². The molecule has 1 fully saturated rings. The predicted molar refractivity (Wildman–Crippen MR) is 59.6 cm³/mol. The number of carbonyl (C=O) groups excluding carboxylic acids is 1. The summed E-state index contributed by atoms with van der Waals surface area (Å²) in [6.45, 7) is 4.45. The van der Waals surface area contributed by atoms with Crippen LogP contribution >= 0.6 is 0 Å². The van der Waals surface area contributed by atoms with Crippen molar-refractivity contribution in [3.8, 4) is 0 Å². The number of hydrogen-bond donors (Lipinski definition) is 2. The Bertz CT molecular complexity index is 207. The number of carbonyl (C=O) groups is 1. The van der Waals surface area contributed by atoms with Crippen molar-refractivity contribution in [2.45, 2.75) is 51.7 Å². The first kappa shape index (κ1) is 12.3. The molecule has 0 aliphatic heterocycles. The normalized spacial score (nSPS) is 26.4. The van der Waals surface area contributed by atoms with Crippen LogP contribution in [0.2, 0.25) is 0 Å². The minimum Gasteiger partial charge on any atom is -0.446 e. The Morgan fingerprint density at radius 2 is 2.13 bits per heavy atom. The minimum absolute atomic E-state index is 0.0162. The van der Waals surface area contributed by atoms with Gasteiger partial charge in [0, 0.05) is 12.0 Å². The summed E-state index contributed by atoms with van der Waals surface area (Å²) in [7, 11) is 0. The fraction of sp³-hybridized carbons (Fsp3) is 0.909. The second-order valence-electron chi connectivity index (χ2n) is 4.52. The van der Waals surface area contributed by atoms with Gasteiger partial charge in [0.25, 0.3) is 0 Å². The summed E-state index contributed by atoms with van der Waals surface area (Å²) in [6, 6.07) is 0.123. The van der Waals surface area contributed by atoms with E-state index in [9.17, 15) is 4.79 Å². The van der Waals surface area contributed by atoms with Crippen molar-refractivity contribution in [1.29, 1.82) is 0 Å². The molecule has 4 heteroatoms. The highest BCUT2D eigenvalue weighted by molar-refractivity contribution is 5.67. The number of alkyl carbamates (subject to hydrolysis) is 1. The highest BCUT2D eigenvalue weighted by Gasteiger charge is 2.27. The first-order valence-electron chi connectivity index (χ1n) is 5.80. The number of ether oxygens (including phenoxy) is 1. The summed E-state index contributed by atoms with van der Waals surface area (Å²) in [6.07, 6.45) is 4.07. The summed E-state index contributed by atoms with van der Waals surface area (Å²) in [4.78, 5) is 11.4. The van der Waals surface area contributed by atoms with Crippen LogP contribution in [-0.2, 0) is 4.74 Å². The molecule has 1 amide bonds. The fourth-order valence-electron chi connectivity index (χ4n) is 2.01. The maximum atomic E-state index is 11.4. The third-order valence-corrected chi connectivity index (χ3v) is 2.81. The zero-order chi connectivity index (χ0) is 11.3. The average molecular weight is 214 g/mol. The first-order valence-corrected chi connectivity index (χ1v) is 5.80. The van der Waals surface area contributed by atoms with E-state index in [1.807, 2.05) is 13.8 Å². The van der Waals surface area contributed by atoms with Crippen molar-refractivity contribution in [1.82, 2.24) is 5.32 Å². The van der Waals surface area contributed by atoms with E-state index in [0.29, 0.717) is 12.5 Å². The van der Waals surface area contributed by atoms with Crippen molar-refractivity contribution >= 4 is 6.09 Å². The Labute approximate surface area is 91.5 Å². The molecule has 0 aromatic rings. The van der Waals surface area contributed by atoms with E-state index < -0.39 is 0 Å². The third kappa shape index (κ3) is 4.08. The van der Waals surface area contributed by atoms with Gasteiger partial charge in [-0.05, 0) is 39.7 Å². The lowest BCUT2D eigenvalue weighted by atomic mass is 9.86. The van der Waals surface area contributed by atoms with E-state index in [4.69, 9.17) is 10.5 Å². The predicted octanol–water partition coefficient (Wildman–Crippen LogP) is 1.64. The maximum absolute atomic E-state index is 11.4. The number of hydrogen-bond acceptors (Lipinski definition) is 3. The van der Waals surface area contributed by atoms with Crippen LogP contribution < -0.4 is 11.1 Å². The van der Waals surface area contributed by atoms with Gasteiger partial charge in [0.2, 0.25) is 0 Å². The molecule has 0 radical (unpaired) electrons. The lowest BCUT2D eigenvalue weighted by Gasteiger charge is -2.30. The number of nitrogens with one attached hydrogen (secondary N) is 1. The molecule has 2 atom stereocenters. The van der Waals surface area contributed by atoms with Crippen LogP contribution in [0, 0.1) is 5.92 Å². The summed E-state index contributed by atoms with van der Waals surface area (Å²) in [5, 5.41) is 2.73. The van der Waals surface area contributed by atoms with E-state index in [1.165, 1.54) is 6.42 Å². The van der Waals surface area contributed by atoms with Crippen LogP contribution in [0.5, 0.6) is 0 Å². The van der Waals surface area contributed by atoms with Gasteiger partial charge in [-0.1, -0.05) is 6.42 Å². The molecule has 4 nitrogen and oxygen atoms in total. The Kier molecular flexibility index (Phi) is 4.88. The Balaban J connectivity index is 2.37. The molecular weight excluding hydrogens is 192 g/mol. The van der Waals surface area contributed by atoms with Gasteiger partial charge in [-0.2, -0.15) is 0 Å². The highest BCUT2D eigenvalue weighted by atomic mass is 16.6. The SMILES string of the molecule is CC(C)NC(=O)OC1CCCCC1CN. The summed E-state index contributed by atoms with van der Waals surface area (Å²) >= 11 is 0. The lowest BCUT2D eigenvalue weighted by Crippen LogP contribution is -2.39. The molecule has 0 spiro atoms. The molecule has 3 N–H and O–H groups in total. The molecule has 0 bridgehead atoms. The van der Waals surface area contributed by atoms with Gasteiger partial charge in [-0.15, -0.1) is 0 Å². The van der Waals surface area contributed by atoms with Crippen molar-refractivity contribution in [2.75, 3.05) is 6.54 Å². The summed E-state index contributed by atoms with van der Waals surface area (Å²) in [5.41, 5.74) is 5.66. The average Bonchev–Trinajstić information content (AvgIpc) is 2.17. The lowest BCUT2D eigenvalue weighted by molar-refractivity contribution is 0.0391. The zero-order valence-electron chi connectivity index (χ0n) is 9.66. The maximum Gasteiger partial charge on any atom is 0.407 e. The Morgan fingerprint density at radius 1 is 1.47 bits per heavy atom. The van der Waals surface area contributed by atoms with Gasteiger partial charge < -0.3 is 15.8 Å². The zero-order valence-corrected chi connectivity index (χ0v) is 9.66. The number of rotatable bonds is 3. The fourth-order valence-corrected chi connectivity index (χ4v) is 2.01. The highest BCUT2D eigenvalue weighted by Crippen LogP contribution is 2.26. The molecule has 2 unspecified atom stereocenters. The molecule has 0 aromatic heterocycles. The van der Waals surface area contributed by atoms with Gasteiger partial charge in [0.15, 0.2) is 0 Å². The van der Waals surface area contributed by atoms with Gasteiger partial charge in [0.05, 0.1) is 0 Å². The second-order valence-corrected chi connectivity index (χ2v) is 4.52. The summed E-state index contributed by atoms with van der Waals surface area (Å²) < 4.78 is 5.38. The number of amides is 1. The molecule has 88 valence electrons. The first-order chi connectivity index (χ1) is 7.13. The molecule has 1 aliphatic carbocycles. The van der Waals surface area contributed by atoms with Crippen LogP contribution in [0.25, 0.3) is 0 Å². The largest absolute Gasteiger partial charge is 0.446 e. The van der Waals surface area contributed by atoms with Crippen molar-refractivity contribution in [2.24, 2.45) is 11.7 Å². The van der Waals surface area contributed by atoms with E-state index in [0.717, 1.165) is 19.3 Å². The molecule has 1 rings (SSSR count). The van der Waals surface area contributed by atoms with Crippen LogP contribution in [0.1, 0.15) is 39.5 Å². The number of nitrogens with two attached hydrogens (primary N) is 1. The van der Waals surface area contributed by atoms with Crippen molar-refractivity contribution in [3.05, 3.63) is 0 Å². The Hall–Kier alpha value is -0.770. The van der Waals surface area contributed by atoms with E-state index in [1.54, 1.807) is 0 Å². The third-order valence-electron chi connectivity index (χ3n) is 2.81. The monoisotopic (exact) mass is 214 g/mol. The molecule has 0 aromatic carbocycles. The molecule has 1 saturated carbocycles. The second kappa shape index (κ2) is 5.95. The van der Waals surface area contributed by atoms with Gasteiger partial charge in [-0.25, -0.2) is 4.79 Å². The van der Waals surface area contributed by atoms with Crippen LogP contribution in [0.15, 0.2) is 0 Å². The minimum atomic E-state index is -0.310. The van der Waals surface area contributed by atoms with E-state index in [2.05, 4.69) is 5.32 Å². The van der Waals surface area contributed by atoms with E-state index in [-0.39, 0.29) is 18.2 Å². The molecule has 15 heavy (non-hydrogen) atoms. The van der Waals surface area contributed by atoms with Crippen molar-refractivity contribution < 1.29 is 9.53 Å². The summed E-state index contributed by atoms with van der Waals surface area (Å²) in [5.74, 6) is 0.344. The van der Waals surface area contributed by atoms with Crippen LogP contribution in [-0.4, -0.2) is 24.8 Å². The van der Waals surface area contributed by atoms with Crippen molar-refractivity contribution in [3.63, 3.8) is 0 Å². The molecule has 0 heterocycles. The quantitative estimate of drug-likeness (QED) is 0.750. The standard InChI is InChI=1S/C11H22N2O2/c1-8(2)13-11(14)15-10-6-4-3-5-9(10)7-12/h8-10H,3-7,12H2,1-2H3,(H,13,14). The van der Waals surface area contributed by atoms with E-state index >= 15 is 0 Å². The molecule has 1 aliphatic rings. The molecule has 0 saturated heterocycles.